The molecule has 0 bridgehead atoms. The van der Waals surface area contributed by atoms with E-state index in [0.29, 0.717) is 0 Å². The Balaban J connectivity index is 1.17. The number of para-hydroxylation sites is 5. The predicted octanol–water partition coefficient (Wildman–Crippen LogP) is 11.0. The van der Waals surface area contributed by atoms with Gasteiger partial charge in [-0.2, -0.15) is 0 Å². The van der Waals surface area contributed by atoms with E-state index in [9.17, 15) is 0 Å². The Kier molecular flexibility index (Phi) is 5.34. The summed E-state index contributed by atoms with van der Waals surface area (Å²) >= 11 is 0. The third-order valence-corrected chi connectivity index (χ3v) is 9.69. The fraction of sp³-hybridized carbons (Fsp3) is 0.0233. The summed E-state index contributed by atoms with van der Waals surface area (Å²) in [5.41, 5.74) is 11.1. The second-order valence-corrected chi connectivity index (χ2v) is 12.2. The molecule has 0 N–H and O–H groups in total. The summed E-state index contributed by atoms with van der Waals surface area (Å²) in [6, 6.07) is 59.7. The highest BCUT2D eigenvalue weighted by Crippen LogP contribution is 2.37. The van der Waals surface area contributed by atoms with E-state index < -0.39 is 0 Å². The molecule has 10 aromatic rings. The first-order valence-corrected chi connectivity index (χ1v) is 15.9. The van der Waals surface area contributed by atoms with Gasteiger partial charge >= 0.3 is 0 Å². The fourth-order valence-corrected chi connectivity index (χ4v) is 7.70. The van der Waals surface area contributed by atoms with Crippen molar-refractivity contribution in [1.82, 2.24) is 13.7 Å². The number of nitrogens with zero attached hydrogens (tertiary/aromatic N) is 3. The molecule has 3 aromatic heterocycles. The van der Waals surface area contributed by atoms with Crippen LogP contribution >= 0.6 is 0 Å². The van der Waals surface area contributed by atoms with Gasteiger partial charge in [-0.3, -0.25) is 0 Å². The first kappa shape index (κ1) is 25.3. The molecule has 0 radical (unpaired) electrons. The second kappa shape index (κ2) is 9.72. The lowest BCUT2D eigenvalue weighted by atomic mass is 10.1. The summed E-state index contributed by atoms with van der Waals surface area (Å²) in [7, 11) is 0. The normalized spacial score (nSPS) is 12.0. The summed E-state index contributed by atoms with van der Waals surface area (Å²) in [6.45, 7) is 0.783. The lowest BCUT2D eigenvalue weighted by Gasteiger charge is -2.12. The van der Waals surface area contributed by atoms with Crippen molar-refractivity contribution in [1.29, 1.82) is 0 Å². The lowest BCUT2D eigenvalue weighted by Crippen LogP contribution is -2.00. The van der Waals surface area contributed by atoms with Gasteiger partial charge in [0.15, 0.2) is 0 Å². The zero-order valence-electron chi connectivity index (χ0n) is 25.1. The molecule has 3 heteroatoms. The van der Waals surface area contributed by atoms with E-state index in [-0.39, 0.29) is 0 Å². The molecule has 3 nitrogen and oxygen atoms in total. The molecular weight excluding hydrogens is 558 g/mol. The molecule has 0 saturated heterocycles. The van der Waals surface area contributed by atoms with Crippen LogP contribution in [-0.2, 0) is 6.54 Å². The van der Waals surface area contributed by atoms with E-state index in [1.807, 2.05) is 0 Å². The molecule has 0 amide bonds. The van der Waals surface area contributed by atoms with Crippen molar-refractivity contribution in [3.05, 3.63) is 169 Å². The van der Waals surface area contributed by atoms with Gasteiger partial charge in [-0.25, -0.2) is 0 Å². The standard InChI is InChI=1S/C43H29N3/c1-2-12-30(13-3-1)45-40-19-9-7-16-34(40)36-24-22-29(26-43(36)45)28-44-38-18-8-4-17-35(38)37-27-31(23-25-39(37)44)46-41-20-10-5-14-32(41)33-15-6-11-21-42(33)46/h1-27H,28H2. The van der Waals surface area contributed by atoms with Crippen LogP contribution in [0.1, 0.15) is 5.56 Å². The Morgan fingerprint density at radius 1 is 0.304 bits per heavy atom. The first-order valence-electron chi connectivity index (χ1n) is 15.9. The molecule has 0 aliphatic carbocycles. The van der Waals surface area contributed by atoms with Crippen LogP contribution in [0.15, 0.2) is 164 Å². The summed E-state index contributed by atoms with van der Waals surface area (Å²) in [5, 5.41) is 7.67. The molecule has 0 atom stereocenters. The van der Waals surface area contributed by atoms with Gasteiger partial charge in [0, 0.05) is 61.3 Å². The van der Waals surface area contributed by atoms with E-state index in [1.165, 1.54) is 82.4 Å². The maximum absolute atomic E-state index is 2.48. The van der Waals surface area contributed by atoms with E-state index in [0.717, 1.165) is 6.54 Å². The summed E-state index contributed by atoms with van der Waals surface area (Å²) in [5.74, 6) is 0. The van der Waals surface area contributed by atoms with Crippen LogP contribution in [0.3, 0.4) is 0 Å². The number of rotatable bonds is 4. The smallest absolute Gasteiger partial charge is 0.0544 e. The highest BCUT2D eigenvalue weighted by Gasteiger charge is 2.17. The van der Waals surface area contributed by atoms with Gasteiger partial charge in [0.25, 0.3) is 0 Å². The van der Waals surface area contributed by atoms with Crippen LogP contribution in [-0.4, -0.2) is 13.7 Å². The van der Waals surface area contributed by atoms with Gasteiger partial charge in [-0.15, -0.1) is 0 Å². The minimum Gasteiger partial charge on any atom is -0.336 e. The average Bonchev–Trinajstić information content (AvgIpc) is 3.74. The molecule has 0 fully saturated rings. The Labute approximate surface area is 265 Å². The minimum atomic E-state index is 0.783. The van der Waals surface area contributed by atoms with Crippen LogP contribution in [0.2, 0.25) is 0 Å². The van der Waals surface area contributed by atoms with Crippen LogP contribution in [0.25, 0.3) is 76.8 Å². The Morgan fingerprint density at radius 2 is 0.783 bits per heavy atom. The van der Waals surface area contributed by atoms with Crippen molar-refractivity contribution in [2.24, 2.45) is 0 Å². The van der Waals surface area contributed by atoms with Gasteiger partial charge in [0.05, 0.1) is 22.1 Å². The van der Waals surface area contributed by atoms with E-state index in [1.54, 1.807) is 0 Å². The second-order valence-electron chi connectivity index (χ2n) is 12.2. The predicted molar refractivity (Wildman–Crippen MR) is 194 cm³/mol. The molecule has 216 valence electrons. The zero-order valence-corrected chi connectivity index (χ0v) is 25.1. The molecule has 0 unspecified atom stereocenters. The quantitative estimate of drug-likeness (QED) is 0.195. The number of benzene rings is 7. The van der Waals surface area contributed by atoms with Gasteiger partial charge in [0.1, 0.15) is 0 Å². The molecule has 46 heavy (non-hydrogen) atoms. The van der Waals surface area contributed by atoms with Gasteiger partial charge in [-0.05, 0) is 66.2 Å². The third kappa shape index (κ3) is 3.60. The highest BCUT2D eigenvalue weighted by atomic mass is 15.0. The van der Waals surface area contributed by atoms with Gasteiger partial charge in [-0.1, -0.05) is 103 Å². The number of hydrogen-bond donors (Lipinski definition) is 0. The first-order chi connectivity index (χ1) is 22.8. The van der Waals surface area contributed by atoms with E-state index in [4.69, 9.17) is 0 Å². The van der Waals surface area contributed by atoms with E-state index in [2.05, 4.69) is 177 Å². The lowest BCUT2D eigenvalue weighted by molar-refractivity contribution is 0.869. The van der Waals surface area contributed by atoms with Crippen LogP contribution < -0.4 is 0 Å². The molecule has 0 aliphatic heterocycles. The highest BCUT2D eigenvalue weighted by molar-refractivity contribution is 6.12. The summed E-state index contributed by atoms with van der Waals surface area (Å²) in [4.78, 5) is 0. The largest absolute Gasteiger partial charge is 0.336 e. The molecule has 0 saturated carbocycles. The fourth-order valence-electron chi connectivity index (χ4n) is 7.70. The molecule has 0 spiro atoms. The van der Waals surface area contributed by atoms with Crippen molar-refractivity contribution < 1.29 is 0 Å². The Hall–Kier alpha value is -6.06. The minimum absolute atomic E-state index is 0.783. The Morgan fingerprint density at radius 3 is 1.41 bits per heavy atom. The van der Waals surface area contributed by atoms with Crippen LogP contribution in [0.4, 0.5) is 0 Å². The number of hydrogen-bond acceptors (Lipinski definition) is 0. The van der Waals surface area contributed by atoms with Crippen molar-refractivity contribution >= 4 is 65.4 Å². The van der Waals surface area contributed by atoms with Crippen molar-refractivity contribution in [2.75, 3.05) is 0 Å². The van der Waals surface area contributed by atoms with Gasteiger partial charge < -0.3 is 13.7 Å². The summed E-state index contributed by atoms with van der Waals surface area (Å²) < 4.78 is 7.29. The zero-order chi connectivity index (χ0) is 30.2. The summed E-state index contributed by atoms with van der Waals surface area (Å²) in [6.07, 6.45) is 0. The van der Waals surface area contributed by atoms with Crippen LogP contribution in [0.5, 0.6) is 0 Å². The molecule has 0 aliphatic rings. The number of aromatic nitrogens is 3. The van der Waals surface area contributed by atoms with Crippen molar-refractivity contribution in [3.8, 4) is 11.4 Å². The average molecular weight is 588 g/mol. The maximum Gasteiger partial charge on any atom is 0.0544 e. The third-order valence-electron chi connectivity index (χ3n) is 9.69. The Bertz CT molecular complexity index is 2720. The molecular formula is C43H29N3. The SMILES string of the molecule is c1ccc(-n2c3ccccc3c3ccc(Cn4c5ccccc5c5cc(-n6c7ccccc7c7ccccc76)ccc54)cc32)cc1. The molecule has 10 rings (SSSR count). The van der Waals surface area contributed by atoms with Crippen molar-refractivity contribution in [2.45, 2.75) is 6.54 Å². The van der Waals surface area contributed by atoms with Crippen molar-refractivity contribution in [3.63, 3.8) is 0 Å². The molecule has 3 heterocycles. The topological polar surface area (TPSA) is 14.8 Å². The van der Waals surface area contributed by atoms with E-state index >= 15 is 0 Å². The maximum atomic E-state index is 2.48. The van der Waals surface area contributed by atoms with Crippen LogP contribution in [0, 0.1) is 0 Å². The monoisotopic (exact) mass is 587 g/mol. The molecule has 7 aromatic carbocycles. The van der Waals surface area contributed by atoms with Gasteiger partial charge in [0.2, 0.25) is 0 Å². The number of fused-ring (bicyclic) bond motifs is 9.